The van der Waals surface area contributed by atoms with Crippen molar-refractivity contribution in [3.8, 4) is 5.75 Å². The van der Waals surface area contributed by atoms with Crippen LogP contribution >= 0.6 is 35.6 Å². The van der Waals surface area contributed by atoms with E-state index in [1.165, 1.54) is 16.7 Å². The number of esters is 1. The summed E-state index contributed by atoms with van der Waals surface area (Å²) >= 11 is 12.3. The first-order valence-electron chi connectivity index (χ1n) is 7.92. The highest BCUT2D eigenvalue weighted by Gasteiger charge is 2.30. The first kappa shape index (κ1) is 19.4. The maximum absolute atomic E-state index is 12.3. The first-order valence-corrected chi connectivity index (χ1v) is 9.52. The Balaban J connectivity index is 1.69. The average Bonchev–Trinajstić information content (AvgIpc) is 2.91. The molecule has 136 valence electrons. The van der Waals surface area contributed by atoms with Crippen LogP contribution in [0, 0.1) is 0 Å². The Morgan fingerprint density at radius 3 is 2.48 bits per heavy atom. The predicted molar refractivity (Wildman–Crippen MR) is 113 cm³/mol. The number of hydrogen-bond donors (Lipinski definition) is 0. The molecule has 0 spiro atoms. The fourth-order valence-corrected chi connectivity index (χ4v) is 3.72. The van der Waals surface area contributed by atoms with Crippen molar-refractivity contribution < 1.29 is 14.3 Å². The van der Waals surface area contributed by atoms with Crippen LogP contribution in [0.5, 0.6) is 5.75 Å². The van der Waals surface area contributed by atoms with Crippen molar-refractivity contribution in [2.24, 2.45) is 0 Å². The Kier molecular flexibility index (Phi) is 6.11. The Labute approximate surface area is 171 Å². The van der Waals surface area contributed by atoms with Gasteiger partial charge in [0.25, 0.3) is 5.91 Å². The molecule has 1 heterocycles. The molecule has 0 aromatic heterocycles. The minimum atomic E-state index is -0.468. The topological polar surface area (TPSA) is 46.6 Å². The highest BCUT2D eigenvalue weighted by molar-refractivity contribution is 8.26. The van der Waals surface area contributed by atoms with E-state index in [0.717, 1.165) is 5.56 Å². The summed E-state index contributed by atoms with van der Waals surface area (Å²) in [6.07, 6.45) is 3.39. The Morgan fingerprint density at radius 2 is 1.85 bits per heavy atom. The van der Waals surface area contributed by atoms with E-state index >= 15 is 0 Å². The number of halogens is 1. The zero-order valence-corrected chi connectivity index (χ0v) is 16.4. The van der Waals surface area contributed by atoms with Gasteiger partial charge < -0.3 is 4.74 Å². The molecule has 0 atom stereocenters. The lowest BCUT2D eigenvalue weighted by atomic mass is 10.2. The molecular weight excluding hydrogens is 402 g/mol. The molecule has 4 nitrogen and oxygen atoms in total. The molecule has 0 radical (unpaired) electrons. The van der Waals surface area contributed by atoms with Crippen LogP contribution in [-0.2, 0) is 4.79 Å². The summed E-state index contributed by atoms with van der Waals surface area (Å²) in [7, 11) is 0. The van der Waals surface area contributed by atoms with Gasteiger partial charge in [-0.1, -0.05) is 53.8 Å². The number of rotatable bonds is 5. The summed E-state index contributed by atoms with van der Waals surface area (Å²) in [5, 5.41) is 0.550. The number of carbonyl (C=O) groups is 2. The summed E-state index contributed by atoms with van der Waals surface area (Å²) in [6.45, 7) is 4.02. The van der Waals surface area contributed by atoms with E-state index in [-0.39, 0.29) is 5.91 Å². The van der Waals surface area contributed by atoms with Crippen LogP contribution in [-0.4, -0.2) is 27.6 Å². The molecule has 1 aliphatic heterocycles. The molecule has 27 heavy (non-hydrogen) atoms. The van der Waals surface area contributed by atoms with Gasteiger partial charge in [-0.25, -0.2) is 4.79 Å². The molecule has 0 saturated carbocycles. The van der Waals surface area contributed by atoms with Crippen LogP contribution < -0.4 is 4.74 Å². The summed E-state index contributed by atoms with van der Waals surface area (Å²) in [5.41, 5.74) is 1.22. The second-order valence-electron chi connectivity index (χ2n) is 5.55. The zero-order valence-electron chi connectivity index (χ0n) is 14.1. The summed E-state index contributed by atoms with van der Waals surface area (Å²) < 4.78 is 5.85. The van der Waals surface area contributed by atoms with Crippen LogP contribution in [0.25, 0.3) is 6.08 Å². The smallest absolute Gasteiger partial charge is 0.343 e. The van der Waals surface area contributed by atoms with Crippen molar-refractivity contribution in [3.05, 3.63) is 82.2 Å². The van der Waals surface area contributed by atoms with Crippen molar-refractivity contribution in [1.29, 1.82) is 0 Å². The van der Waals surface area contributed by atoms with Crippen molar-refractivity contribution in [3.63, 3.8) is 0 Å². The molecule has 7 heteroatoms. The minimum absolute atomic E-state index is 0.136. The monoisotopic (exact) mass is 415 g/mol. The van der Waals surface area contributed by atoms with E-state index < -0.39 is 5.97 Å². The molecule has 2 aromatic carbocycles. The van der Waals surface area contributed by atoms with Gasteiger partial charge in [-0.15, -0.1) is 6.58 Å². The number of carbonyl (C=O) groups excluding carboxylic acids is 2. The molecule has 1 amide bonds. The van der Waals surface area contributed by atoms with E-state index in [1.54, 1.807) is 60.7 Å². The fraction of sp³-hybridized carbons (Fsp3) is 0.0500. The van der Waals surface area contributed by atoms with Gasteiger partial charge in [-0.2, -0.15) is 0 Å². The van der Waals surface area contributed by atoms with Gasteiger partial charge in [-0.3, -0.25) is 9.69 Å². The third kappa shape index (κ3) is 4.66. The molecule has 2 aromatic rings. The second kappa shape index (κ2) is 8.52. The average molecular weight is 416 g/mol. The summed E-state index contributed by atoms with van der Waals surface area (Å²) in [6, 6.07) is 13.3. The standard InChI is InChI=1S/C20H14ClNO3S2/c1-2-11-22-18(23)17(27-20(22)26)12-13-3-9-16(10-4-13)25-19(24)14-5-7-15(21)8-6-14/h2-10,12H,1,11H2. The molecule has 1 fully saturated rings. The number of ether oxygens (including phenoxy) is 1. The largest absolute Gasteiger partial charge is 0.423 e. The third-order valence-corrected chi connectivity index (χ3v) is 5.28. The number of nitrogens with zero attached hydrogens (tertiary/aromatic N) is 1. The Morgan fingerprint density at radius 1 is 1.19 bits per heavy atom. The minimum Gasteiger partial charge on any atom is -0.423 e. The normalized spacial score (nSPS) is 15.3. The summed E-state index contributed by atoms with van der Waals surface area (Å²) in [5.74, 6) is -0.195. The van der Waals surface area contributed by atoms with Gasteiger partial charge in [0.15, 0.2) is 0 Å². The van der Waals surface area contributed by atoms with E-state index in [0.29, 0.717) is 32.1 Å². The zero-order chi connectivity index (χ0) is 19.4. The lowest BCUT2D eigenvalue weighted by Gasteiger charge is -2.10. The molecule has 1 aliphatic rings. The fourth-order valence-electron chi connectivity index (χ4n) is 2.32. The van der Waals surface area contributed by atoms with Crippen LogP contribution in [0.3, 0.4) is 0 Å². The highest BCUT2D eigenvalue weighted by atomic mass is 35.5. The molecule has 0 unspecified atom stereocenters. The molecule has 0 bridgehead atoms. The molecule has 1 saturated heterocycles. The lowest BCUT2D eigenvalue weighted by Crippen LogP contribution is -2.27. The van der Waals surface area contributed by atoms with Crippen LogP contribution in [0.2, 0.25) is 5.02 Å². The van der Waals surface area contributed by atoms with E-state index in [2.05, 4.69) is 6.58 Å². The Bertz CT molecular complexity index is 937. The maximum Gasteiger partial charge on any atom is 0.343 e. The van der Waals surface area contributed by atoms with Gasteiger partial charge in [0.1, 0.15) is 10.1 Å². The maximum atomic E-state index is 12.3. The van der Waals surface area contributed by atoms with Crippen LogP contribution in [0.4, 0.5) is 0 Å². The lowest BCUT2D eigenvalue weighted by molar-refractivity contribution is -0.121. The highest BCUT2D eigenvalue weighted by Crippen LogP contribution is 2.32. The first-order chi connectivity index (χ1) is 13.0. The van der Waals surface area contributed by atoms with Crippen LogP contribution in [0.15, 0.2) is 66.1 Å². The number of amides is 1. The SMILES string of the molecule is C=CCN1C(=O)C(=Cc2ccc(OC(=O)c3ccc(Cl)cc3)cc2)SC1=S. The van der Waals surface area contributed by atoms with Crippen molar-refractivity contribution in [1.82, 2.24) is 4.90 Å². The van der Waals surface area contributed by atoms with E-state index in [1.807, 2.05) is 0 Å². The number of hydrogen-bond acceptors (Lipinski definition) is 5. The van der Waals surface area contributed by atoms with Gasteiger partial charge in [0.05, 0.1) is 10.5 Å². The van der Waals surface area contributed by atoms with Crippen LogP contribution in [0.1, 0.15) is 15.9 Å². The number of benzene rings is 2. The number of thiocarbonyl (C=S) groups is 1. The van der Waals surface area contributed by atoms with Gasteiger partial charge in [-0.05, 0) is 48.0 Å². The van der Waals surface area contributed by atoms with Crippen molar-refractivity contribution in [2.45, 2.75) is 0 Å². The molecular formula is C20H14ClNO3S2. The van der Waals surface area contributed by atoms with E-state index in [9.17, 15) is 9.59 Å². The third-order valence-electron chi connectivity index (χ3n) is 3.65. The van der Waals surface area contributed by atoms with Crippen molar-refractivity contribution in [2.75, 3.05) is 6.54 Å². The molecule has 3 rings (SSSR count). The molecule has 0 N–H and O–H groups in total. The van der Waals surface area contributed by atoms with Gasteiger partial charge >= 0.3 is 5.97 Å². The second-order valence-corrected chi connectivity index (χ2v) is 7.66. The van der Waals surface area contributed by atoms with Gasteiger partial charge in [0, 0.05) is 11.6 Å². The van der Waals surface area contributed by atoms with E-state index in [4.69, 9.17) is 28.6 Å². The van der Waals surface area contributed by atoms with Crippen molar-refractivity contribution >= 4 is 57.9 Å². The number of thioether (sulfide) groups is 1. The molecule has 0 aliphatic carbocycles. The predicted octanol–water partition coefficient (Wildman–Crippen LogP) is 4.95. The summed E-state index contributed by atoms with van der Waals surface area (Å²) in [4.78, 5) is 26.5. The van der Waals surface area contributed by atoms with Gasteiger partial charge in [0.2, 0.25) is 0 Å². The quantitative estimate of drug-likeness (QED) is 0.227. The Hall–Kier alpha value is -2.41.